The minimum Gasteiger partial charge on any atom is -0.0587 e. The van der Waals surface area contributed by atoms with Crippen LogP contribution in [0.1, 0.15) is 54.7 Å². The molecule has 1 aliphatic rings. The Morgan fingerprint density at radius 2 is 1.56 bits per heavy atom. The molecular formula is C18H22. The Labute approximate surface area is 110 Å². The van der Waals surface area contributed by atoms with Crippen LogP contribution < -0.4 is 0 Å². The summed E-state index contributed by atoms with van der Waals surface area (Å²) >= 11 is 0. The molecule has 2 aromatic rings. The molecule has 3 rings (SSSR count). The zero-order valence-corrected chi connectivity index (χ0v) is 11.5. The monoisotopic (exact) mass is 238 g/mol. The Balaban J connectivity index is 2.14. The summed E-state index contributed by atoms with van der Waals surface area (Å²) in [5.41, 5.74) is 4.38. The highest BCUT2D eigenvalue weighted by Gasteiger charge is 2.17. The second-order valence-corrected chi connectivity index (χ2v) is 5.91. The molecule has 1 saturated carbocycles. The predicted molar refractivity (Wildman–Crippen MR) is 79.2 cm³/mol. The summed E-state index contributed by atoms with van der Waals surface area (Å²) in [6.45, 7) is 4.41. The first-order valence-electron chi connectivity index (χ1n) is 7.25. The van der Waals surface area contributed by atoms with Crippen LogP contribution in [0, 0.1) is 13.8 Å². The molecule has 0 saturated heterocycles. The fourth-order valence-corrected chi connectivity index (χ4v) is 3.43. The van der Waals surface area contributed by atoms with Gasteiger partial charge in [-0.1, -0.05) is 60.7 Å². The van der Waals surface area contributed by atoms with Gasteiger partial charge in [-0.3, -0.25) is 0 Å². The minimum atomic E-state index is 0.795. The van der Waals surface area contributed by atoms with E-state index < -0.39 is 0 Å². The van der Waals surface area contributed by atoms with Gasteiger partial charge in [0, 0.05) is 0 Å². The van der Waals surface area contributed by atoms with Gasteiger partial charge in [-0.25, -0.2) is 0 Å². The normalized spacial score (nSPS) is 17.2. The molecule has 0 bridgehead atoms. The highest BCUT2D eigenvalue weighted by Crippen LogP contribution is 2.37. The lowest BCUT2D eigenvalue weighted by atomic mass is 9.81. The molecule has 0 heteroatoms. The summed E-state index contributed by atoms with van der Waals surface area (Å²) in [4.78, 5) is 0. The molecule has 0 unspecified atom stereocenters. The van der Waals surface area contributed by atoms with Crippen LogP contribution in [-0.4, -0.2) is 0 Å². The third-order valence-electron chi connectivity index (χ3n) is 4.33. The van der Waals surface area contributed by atoms with Gasteiger partial charge in [0.2, 0.25) is 0 Å². The SMILES string of the molecule is Cc1ccc2c(C3CCCCC3)cc(C)cc2c1. The third-order valence-corrected chi connectivity index (χ3v) is 4.33. The van der Waals surface area contributed by atoms with Crippen molar-refractivity contribution in [2.75, 3.05) is 0 Å². The van der Waals surface area contributed by atoms with Gasteiger partial charge in [-0.05, 0) is 48.9 Å². The highest BCUT2D eigenvalue weighted by molar-refractivity contribution is 5.87. The number of benzene rings is 2. The van der Waals surface area contributed by atoms with E-state index in [0.717, 1.165) is 5.92 Å². The van der Waals surface area contributed by atoms with Crippen LogP contribution in [0.3, 0.4) is 0 Å². The van der Waals surface area contributed by atoms with Crippen LogP contribution in [0.4, 0.5) is 0 Å². The Morgan fingerprint density at radius 1 is 0.833 bits per heavy atom. The van der Waals surface area contributed by atoms with Crippen LogP contribution in [0.15, 0.2) is 30.3 Å². The Bertz CT molecular complexity index is 554. The smallest absolute Gasteiger partial charge is 0.0149 e. The van der Waals surface area contributed by atoms with Crippen molar-refractivity contribution in [3.8, 4) is 0 Å². The molecule has 0 radical (unpaired) electrons. The van der Waals surface area contributed by atoms with Crippen LogP contribution in [0.25, 0.3) is 10.8 Å². The largest absolute Gasteiger partial charge is 0.0587 e. The van der Waals surface area contributed by atoms with E-state index in [9.17, 15) is 0 Å². The van der Waals surface area contributed by atoms with Crippen molar-refractivity contribution in [1.82, 2.24) is 0 Å². The summed E-state index contributed by atoms with van der Waals surface area (Å²) in [6, 6.07) is 11.7. The maximum absolute atomic E-state index is 2.42. The summed E-state index contributed by atoms with van der Waals surface area (Å²) < 4.78 is 0. The van der Waals surface area contributed by atoms with Crippen molar-refractivity contribution in [2.45, 2.75) is 51.9 Å². The van der Waals surface area contributed by atoms with E-state index in [1.165, 1.54) is 54.0 Å². The van der Waals surface area contributed by atoms with E-state index >= 15 is 0 Å². The average molecular weight is 238 g/mol. The molecule has 0 heterocycles. The molecule has 0 aliphatic heterocycles. The van der Waals surface area contributed by atoms with Gasteiger partial charge in [0.1, 0.15) is 0 Å². The lowest BCUT2D eigenvalue weighted by Gasteiger charge is -2.24. The third kappa shape index (κ3) is 2.16. The first-order chi connectivity index (χ1) is 8.74. The predicted octanol–water partition coefficient (Wildman–Crippen LogP) is 5.50. The zero-order valence-electron chi connectivity index (χ0n) is 11.5. The molecule has 0 atom stereocenters. The van der Waals surface area contributed by atoms with Crippen molar-refractivity contribution in [3.05, 3.63) is 47.0 Å². The number of aryl methyl sites for hydroxylation is 2. The van der Waals surface area contributed by atoms with Crippen molar-refractivity contribution in [2.24, 2.45) is 0 Å². The van der Waals surface area contributed by atoms with Gasteiger partial charge in [-0.15, -0.1) is 0 Å². The molecule has 1 fully saturated rings. The summed E-state index contributed by atoms with van der Waals surface area (Å²) in [5, 5.41) is 2.91. The van der Waals surface area contributed by atoms with E-state index in [1.54, 1.807) is 5.56 Å². The van der Waals surface area contributed by atoms with Gasteiger partial charge < -0.3 is 0 Å². The number of fused-ring (bicyclic) bond motifs is 1. The average Bonchev–Trinajstić information content (AvgIpc) is 2.38. The van der Waals surface area contributed by atoms with Crippen LogP contribution in [0.2, 0.25) is 0 Å². The standard InChI is InChI=1S/C18H22/c1-13-8-9-17-16(10-13)11-14(2)12-18(17)15-6-4-3-5-7-15/h8-12,15H,3-7H2,1-2H3. The lowest BCUT2D eigenvalue weighted by Crippen LogP contribution is -2.05. The molecule has 18 heavy (non-hydrogen) atoms. The van der Waals surface area contributed by atoms with Gasteiger partial charge in [-0.2, -0.15) is 0 Å². The van der Waals surface area contributed by atoms with Crippen molar-refractivity contribution in [1.29, 1.82) is 0 Å². The fourth-order valence-electron chi connectivity index (χ4n) is 3.43. The van der Waals surface area contributed by atoms with Crippen LogP contribution in [-0.2, 0) is 0 Å². The lowest BCUT2D eigenvalue weighted by molar-refractivity contribution is 0.445. The summed E-state index contributed by atoms with van der Waals surface area (Å²) in [5.74, 6) is 0.795. The first kappa shape index (κ1) is 11.8. The molecular weight excluding hydrogens is 216 g/mol. The number of hydrogen-bond acceptors (Lipinski definition) is 0. The molecule has 2 aromatic carbocycles. The Morgan fingerprint density at radius 3 is 2.33 bits per heavy atom. The van der Waals surface area contributed by atoms with Gasteiger partial charge >= 0.3 is 0 Å². The first-order valence-corrected chi connectivity index (χ1v) is 7.25. The quantitative estimate of drug-likeness (QED) is 0.615. The Hall–Kier alpha value is -1.30. The molecule has 0 spiro atoms. The summed E-state index contributed by atoms with van der Waals surface area (Å²) in [6.07, 6.45) is 7.01. The zero-order chi connectivity index (χ0) is 12.5. The summed E-state index contributed by atoms with van der Waals surface area (Å²) in [7, 11) is 0. The molecule has 0 amide bonds. The molecule has 94 valence electrons. The topological polar surface area (TPSA) is 0 Å². The molecule has 0 nitrogen and oxygen atoms in total. The van der Waals surface area contributed by atoms with E-state index in [4.69, 9.17) is 0 Å². The van der Waals surface area contributed by atoms with Gasteiger partial charge in [0.15, 0.2) is 0 Å². The van der Waals surface area contributed by atoms with Crippen molar-refractivity contribution in [3.63, 3.8) is 0 Å². The minimum absolute atomic E-state index is 0.795. The Kier molecular flexibility index (Phi) is 3.11. The second kappa shape index (κ2) is 4.76. The fraction of sp³-hybridized carbons (Fsp3) is 0.444. The number of hydrogen-bond donors (Lipinski definition) is 0. The second-order valence-electron chi connectivity index (χ2n) is 5.91. The molecule has 0 N–H and O–H groups in total. The van der Waals surface area contributed by atoms with Gasteiger partial charge in [0.25, 0.3) is 0 Å². The van der Waals surface area contributed by atoms with Crippen LogP contribution in [0.5, 0.6) is 0 Å². The van der Waals surface area contributed by atoms with E-state index in [1.807, 2.05) is 0 Å². The van der Waals surface area contributed by atoms with E-state index in [-0.39, 0.29) is 0 Å². The van der Waals surface area contributed by atoms with E-state index in [0.29, 0.717) is 0 Å². The number of rotatable bonds is 1. The maximum Gasteiger partial charge on any atom is -0.0149 e. The van der Waals surface area contributed by atoms with Crippen molar-refractivity contribution < 1.29 is 0 Å². The van der Waals surface area contributed by atoms with Crippen LogP contribution >= 0.6 is 0 Å². The van der Waals surface area contributed by atoms with Gasteiger partial charge in [0.05, 0.1) is 0 Å². The maximum atomic E-state index is 2.42. The molecule has 0 aromatic heterocycles. The van der Waals surface area contributed by atoms with Crippen molar-refractivity contribution >= 4 is 10.8 Å². The highest BCUT2D eigenvalue weighted by atomic mass is 14.2. The van der Waals surface area contributed by atoms with E-state index in [2.05, 4.69) is 44.2 Å². The molecule has 1 aliphatic carbocycles.